The number of nitriles is 1. The molecule has 0 radical (unpaired) electrons. The zero-order valence-corrected chi connectivity index (χ0v) is 13.7. The van der Waals surface area contributed by atoms with Crippen molar-refractivity contribution in [3.63, 3.8) is 0 Å². The highest BCUT2D eigenvalue weighted by Gasteiger charge is 2.26. The number of alkyl halides is 1. The third-order valence-corrected chi connectivity index (χ3v) is 4.76. The minimum absolute atomic E-state index is 0.0967. The summed E-state index contributed by atoms with van der Waals surface area (Å²) in [7, 11) is 0. The first-order valence-corrected chi connectivity index (χ1v) is 8.16. The topological polar surface area (TPSA) is 75.1 Å². The Labute approximate surface area is 140 Å². The molecule has 1 fully saturated rings. The number of aryl methyl sites for hydroxylation is 1. The minimum atomic E-state index is -1.02. The number of fused-ring (bicyclic) bond motifs is 1. The van der Waals surface area contributed by atoms with E-state index in [4.69, 9.17) is 11.0 Å². The van der Waals surface area contributed by atoms with E-state index < -0.39 is 6.17 Å². The molecule has 2 atom stereocenters. The van der Waals surface area contributed by atoms with Gasteiger partial charge in [0.2, 0.25) is 0 Å². The molecule has 2 unspecified atom stereocenters. The number of benzene rings is 1. The molecule has 5 nitrogen and oxygen atoms in total. The molecule has 2 aromatic rings. The van der Waals surface area contributed by atoms with Crippen LogP contribution in [0.4, 0.5) is 4.39 Å². The Hall–Kier alpha value is -2.23. The number of rotatable bonds is 3. The highest BCUT2D eigenvalue weighted by atomic mass is 19.1. The highest BCUT2D eigenvalue weighted by Crippen LogP contribution is 2.19. The van der Waals surface area contributed by atoms with E-state index in [1.54, 1.807) is 22.8 Å². The molecule has 1 aliphatic heterocycles. The van der Waals surface area contributed by atoms with Gasteiger partial charge in [-0.25, -0.2) is 4.39 Å². The molecule has 126 valence electrons. The molecule has 2 N–H and O–H groups in total. The Morgan fingerprint density at radius 2 is 2.17 bits per heavy atom. The summed E-state index contributed by atoms with van der Waals surface area (Å²) in [6.07, 6.45) is -0.390. The van der Waals surface area contributed by atoms with Crippen molar-refractivity contribution >= 4 is 10.9 Å². The lowest BCUT2D eigenvalue weighted by Crippen LogP contribution is -2.49. The van der Waals surface area contributed by atoms with Crippen LogP contribution in [0.25, 0.3) is 10.9 Å². The lowest BCUT2D eigenvalue weighted by molar-refractivity contribution is 0.116. The normalized spacial score (nSPS) is 21.8. The average Bonchev–Trinajstić information content (AvgIpc) is 2.57. The van der Waals surface area contributed by atoms with Gasteiger partial charge in [-0.15, -0.1) is 0 Å². The maximum Gasteiger partial charge on any atom is 0.251 e. The number of piperidine rings is 1. The van der Waals surface area contributed by atoms with Crippen LogP contribution in [0.1, 0.15) is 17.5 Å². The minimum Gasteiger partial charge on any atom is -0.325 e. The lowest BCUT2D eigenvalue weighted by Gasteiger charge is -2.32. The average molecular weight is 328 g/mol. The summed E-state index contributed by atoms with van der Waals surface area (Å²) in [6, 6.07) is 8.70. The van der Waals surface area contributed by atoms with Crippen molar-refractivity contribution in [1.29, 1.82) is 5.26 Å². The maximum atomic E-state index is 13.8. The molecule has 24 heavy (non-hydrogen) atoms. The van der Waals surface area contributed by atoms with Crippen molar-refractivity contribution in [3.8, 4) is 6.07 Å². The Morgan fingerprint density at radius 1 is 1.38 bits per heavy atom. The first kappa shape index (κ1) is 16.6. The molecule has 0 amide bonds. The van der Waals surface area contributed by atoms with E-state index in [9.17, 15) is 9.18 Å². The summed E-state index contributed by atoms with van der Waals surface area (Å²) in [4.78, 5) is 14.4. The fraction of sp³-hybridized carbons (Fsp3) is 0.444. The van der Waals surface area contributed by atoms with E-state index in [1.807, 2.05) is 17.9 Å². The van der Waals surface area contributed by atoms with Crippen LogP contribution < -0.4 is 11.3 Å². The number of aromatic nitrogens is 1. The first-order chi connectivity index (χ1) is 11.5. The van der Waals surface area contributed by atoms with Gasteiger partial charge in [0, 0.05) is 37.1 Å². The molecule has 1 aromatic carbocycles. The van der Waals surface area contributed by atoms with Gasteiger partial charge < -0.3 is 10.3 Å². The molecule has 1 aromatic heterocycles. The molecule has 6 heteroatoms. The molecular formula is C18H21FN4O. The number of nitrogens with zero attached hydrogens (tertiary/aromatic N) is 3. The van der Waals surface area contributed by atoms with Crippen molar-refractivity contribution in [3.05, 3.63) is 45.7 Å². The van der Waals surface area contributed by atoms with Crippen LogP contribution in [-0.2, 0) is 6.54 Å². The van der Waals surface area contributed by atoms with Crippen molar-refractivity contribution in [2.75, 3.05) is 19.6 Å². The lowest BCUT2D eigenvalue weighted by atomic mass is 10.0. The summed E-state index contributed by atoms with van der Waals surface area (Å²) in [5.74, 6) is 0. The first-order valence-electron chi connectivity index (χ1n) is 8.16. The number of halogens is 1. The molecule has 1 aliphatic rings. The molecule has 2 heterocycles. The predicted molar refractivity (Wildman–Crippen MR) is 91.6 cm³/mol. The van der Waals surface area contributed by atoms with E-state index in [-0.39, 0.29) is 11.6 Å². The Bertz CT molecular complexity index is 854. The van der Waals surface area contributed by atoms with Gasteiger partial charge >= 0.3 is 0 Å². The van der Waals surface area contributed by atoms with Gasteiger partial charge in [-0.2, -0.15) is 5.26 Å². The van der Waals surface area contributed by atoms with Gasteiger partial charge in [-0.05, 0) is 37.6 Å². The van der Waals surface area contributed by atoms with Gasteiger partial charge in [0.15, 0.2) is 0 Å². The molecule has 0 bridgehead atoms. The van der Waals surface area contributed by atoms with Crippen LogP contribution in [0.2, 0.25) is 0 Å². The summed E-state index contributed by atoms with van der Waals surface area (Å²) in [6.45, 7) is 3.99. The Balaban J connectivity index is 1.89. The number of hydrogen-bond donors (Lipinski definition) is 1. The molecule has 1 saturated heterocycles. The largest absolute Gasteiger partial charge is 0.325 e. The van der Waals surface area contributed by atoms with E-state index >= 15 is 0 Å². The van der Waals surface area contributed by atoms with Gasteiger partial charge in [0.05, 0.1) is 17.1 Å². The summed E-state index contributed by atoms with van der Waals surface area (Å²) >= 11 is 0. The van der Waals surface area contributed by atoms with Crippen molar-refractivity contribution in [1.82, 2.24) is 9.47 Å². The van der Waals surface area contributed by atoms with Crippen molar-refractivity contribution < 1.29 is 4.39 Å². The zero-order valence-electron chi connectivity index (χ0n) is 13.7. The Morgan fingerprint density at radius 3 is 2.88 bits per heavy atom. The quantitative estimate of drug-likeness (QED) is 0.928. The summed E-state index contributed by atoms with van der Waals surface area (Å²) in [5.41, 5.74) is 7.78. The van der Waals surface area contributed by atoms with Crippen molar-refractivity contribution in [2.24, 2.45) is 5.73 Å². The molecular weight excluding hydrogens is 307 g/mol. The van der Waals surface area contributed by atoms with Crippen LogP contribution in [-0.4, -0.2) is 41.3 Å². The monoisotopic (exact) mass is 328 g/mol. The standard InChI is InChI=1S/C18H21FN4O/c1-12-8-18(24)23(17-9-13(10-20)2-3-14(12)17)7-6-22-5-4-16(21)15(19)11-22/h2-3,8-9,15-16H,4-7,11,21H2,1H3. The molecule has 0 aliphatic carbocycles. The number of pyridine rings is 1. The smallest absolute Gasteiger partial charge is 0.251 e. The third kappa shape index (κ3) is 3.18. The molecule has 0 spiro atoms. The van der Waals surface area contributed by atoms with Gasteiger partial charge in [0.25, 0.3) is 5.56 Å². The molecule has 3 rings (SSSR count). The second kappa shape index (κ2) is 6.71. The van der Waals surface area contributed by atoms with E-state index in [0.717, 1.165) is 23.0 Å². The third-order valence-electron chi connectivity index (χ3n) is 4.76. The van der Waals surface area contributed by atoms with E-state index in [0.29, 0.717) is 31.6 Å². The predicted octanol–water partition coefficient (Wildman–Crippen LogP) is 1.55. The zero-order chi connectivity index (χ0) is 17.3. The fourth-order valence-corrected chi connectivity index (χ4v) is 3.28. The maximum absolute atomic E-state index is 13.8. The second-order valence-electron chi connectivity index (χ2n) is 6.43. The van der Waals surface area contributed by atoms with Crippen LogP contribution >= 0.6 is 0 Å². The van der Waals surface area contributed by atoms with Gasteiger partial charge in [-0.1, -0.05) is 6.07 Å². The van der Waals surface area contributed by atoms with Crippen LogP contribution in [0.15, 0.2) is 29.1 Å². The van der Waals surface area contributed by atoms with E-state index in [1.165, 1.54) is 0 Å². The van der Waals surface area contributed by atoms with Crippen LogP contribution in [0.3, 0.4) is 0 Å². The Kier molecular flexibility index (Phi) is 4.65. The number of hydrogen-bond acceptors (Lipinski definition) is 4. The highest BCUT2D eigenvalue weighted by molar-refractivity contribution is 5.83. The number of nitrogens with two attached hydrogens (primary N) is 1. The van der Waals surface area contributed by atoms with Crippen LogP contribution in [0, 0.1) is 18.3 Å². The second-order valence-corrected chi connectivity index (χ2v) is 6.43. The van der Waals surface area contributed by atoms with Crippen molar-refractivity contribution in [2.45, 2.75) is 32.1 Å². The number of likely N-dealkylation sites (tertiary alicyclic amines) is 1. The fourth-order valence-electron chi connectivity index (χ4n) is 3.28. The van der Waals surface area contributed by atoms with E-state index in [2.05, 4.69) is 6.07 Å². The summed E-state index contributed by atoms with van der Waals surface area (Å²) < 4.78 is 15.4. The molecule has 0 saturated carbocycles. The van der Waals surface area contributed by atoms with Gasteiger partial charge in [0.1, 0.15) is 6.17 Å². The SMILES string of the molecule is Cc1cc(=O)n(CCN2CCC(N)C(F)C2)c2cc(C#N)ccc12. The van der Waals surface area contributed by atoms with Gasteiger partial charge in [-0.3, -0.25) is 9.69 Å². The summed E-state index contributed by atoms with van der Waals surface area (Å²) in [5, 5.41) is 10.1. The van der Waals surface area contributed by atoms with Crippen LogP contribution in [0.5, 0.6) is 0 Å².